The molecular formula is C18H24N2O. The second-order valence-corrected chi connectivity index (χ2v) is 5.38. The fourth-order valence-electron chi connectivity index (χ4n) is 2.70. The number of ether oxygens (including phenoxy) is 1. The molecule has 0 saturated heterocycles. The molecule has 0 fully saturated rings. The number of nitriles is 1. The lowest BCUT2D eigenvalue weighted by Crippen LogP contribution is -2.21. The number of hydrogen-bond acceptors (Lipinski definition) is 3. The smallest absolute Gasteiger partial charge is 0.121 e. The van der Waals surface area contributed by atoms with E-state index in [1.54, 1.807) is 0 Å². The van der Waals surface area contributed by atoms with Gasteiger partial charge in [-0.1, -0.05) is 23.8 Å². The zero-order chi connectivity index (χ0) is 14.9. The molecule has 1 atom stereocenters. The van der Waals surface area contributed by atoms with Crippen LogP contribution in [-0.2, 0) is 0 Å². The molecule has 21 heavy (non-hydrogen) atoms. The number of allylic oxidation sites excluding steroid dienone is 1. The lowest BCUT2D eigenvalue weighted by molar-refractivity contribution is 0.339. The number of nitrogens with zero attached hydrogens (tertiary/aromatic N) is 1. The molecule has 1 unspecified atom stereocenters. The molecule has 0 aromatic heterocycles. The van der Waals surface area contributed by atoms with Gasteiger partial charge in [0.15, 0.2) is 0 Å². The maximum absolute atomic E-state index is 9.37. The number of nitrogens with one attached hydrogen (secondary N) is 1. The lowest BCUT2D eigenvalue weighted by Gasteiger charge is -2.16. The molecule has 0 bridgehead atoms. The SMILES string of the molecule is CCOc1cccc(C(C#N)NCCC2=CCCCC2)c1. The molecule has 0 amide bonds. The van der Waals surface area contributed by atoms with Gasteiger partial charge >= 0.3 is 0 Å². The van der Waals surface area contributed by atoms with Gasteiger partial charge in [-0.15, -0.1) is 0 Å². The van der Waals surface area contributed by atoms with E-state index in [2.05, 4.69) is 17.5 Å². The topological polar surface area (TPSA) is 45.0 Å². The molecule has 0 aliphatic heterocycles. The van der Waals surface area contributed by atoms with Crippen LogP contribution < -0.4 is 10.1 Å². The van der Waals surface area contributed by atoms with Gasteiger partial charge in [-0.3, -0.25) is 5.32 Å². The van der Waals surface area contributed by atoms with Crippen LogP contribution in [0.25, 0.3) is 0 Å². The molecule has 0 spiro atoms. The second kappa shape index (κ2) is 8.49. The summed E-state index contributed by atoms with van der Waals surface area (Å²) in [4.78, 5) is 0. The van der Waals surface area contributed by atoms with Gasteiger partial charge in [-0.25, -0.2) is 0 Å². The zero-order valence-electron chi connectivity index (χ0n) is 12.8. The van der Waals surface area contributed by atoms with Gasteiger partial charge in [-0.2, -0.15) is 5.26 Å². The Morgan fingerprint density at radius 1 is 1.38 bits per heavy atom. The first-order chi connectivity index (χ1) is 10.3. The summed E-state index contributed by atoms with van der Waals surface area (Å²) >= 11 is 0. The maximum atomic E-state index is 9.37. The van der Waals surface area contributed by atoms with E-state index < -0.39 is 0 Å². The van der Waals surface area contributed by atoms with E-state index in [0.29, 0.717) is 6.61 Å². The van der Waals surface area contributed by atoms with Crippen molar-refractivity contribution in [1.29, 1.82) is 5.26 Å². The molecular weight excluding hydrogens is 260 g/mol. The Morgan fingerprint density at radius 3 is 3.00 bits per heavy atom. The molecule has 112 valence electrons. The van der Waals surface area contributed by atoms with Gasteiger partial charge < -0.3 is 4.74 Å². The largest absolute Gasteiger partial charge is 0.494 e. The predicted octanol–water partition coefficient (Wildman–Crippen LogP) is 4.13. The van der Waals surface area contributed by atoms with Gasteiger partial charge in [-0.05, 0) is 56.7 Å². The first kappa shape index (κ1) is 15.6. The molecule has 1 aliphatic carbocycles. The Kier molecular flexibility index (Phi) is 6.30. The normalized spacial score (nSPS) is 15.9. The molecule has 0 radical (unpaired) electrons. The van der Waals surface area contributed by atoms with Crippen molar-refractivity contribution < 1.29 is 4.74 Å². The highest BCUT2D eigenvalue weighted by molar-refractivity contribution is 5.33. The summed E-state index contributed by atoms with van der Waals surface area (Å²) in [5.41, 5.74) is 2.51. The van der Waals surface area contributed by atoms with Crippen molar-refractivity contribution >= 4 is 0 Å². The molecule has 3 nitrogen and oxygen atoms in total. The van der Waals surface area contributed by atoms with E-state index in [1.165, 1.54) is 31.3 Å². The molecule has 1 aromatic rings. The zero-order valence-corrected chi connectivity index (χ0v) is 12.8. The molecule has 0 saturated carbocycles. The summed E-state index contributed by atoms with van der Waals surface area (Å²) in [6.45, 7) is 3.45. The van der Waals surface area contributed by atoms with Crippen molar-refractivity contribution in [3.05, 3.63) is 41.5 Å². The minimum absolute atomic E-state index is 0.269. The van der Waals surface area contributed by atoms with E-state index in [4.69, 9.17) is 4.74 Å². The molecule has 1 aromatic carbocycles. The summed E-state index contributed by atoms with van der Waals surface area (Å²) in [6.07, 6.45) is 8.48. The van der Waals surface area contributed by atoms with Crippen molar-refractivity contribution in [2.45, 2.75) is 45.1 Å². The highest BCUT2D eigenvalue weighted by Crippen LogP contribution is 2.21. The Labute approximate surface area is 127 Å². The van der Waals surface area contributed by atoms with E-state index in [-0.39, 0.29) is 6.04 Å². The third kappa shape index (κ3) is 4.91. The summed E-state index contributed by atoms with van der Waals surface area (Å²) < 4.78 is 5.49. The van der Waals surface area contributed by atoms with E-state index in [1.807, 2.05) is 31.2 Å². The molecule has 1 aliphatic rings. The second-order valence-electron chi connectivity index (χ2n) is 5.38. The van der Waals surface area contributed by atoms with Crippen LogP contribution in [0.4, 0.5) is 0 Å². The van der Waals surface area contributed by atoms with Crippen LogP contribution in [0.2, 0.25) is 0 Å². The average Bonchev–Trinajstić information content (AvgIpc) is 2.53. The summed E-state index contributed by atoms with van der Waals surface area (Å²) in [5, 5.41) is 12.7. The minimum atomic E-state index is -0.269. The monoisotopic (exact) mass is 284 g/mol. The van der Waals surface area contributed by atoms with Crippen LogP contribution >= 0.6 is 0 Å². The summed E-state index contributed by atoms with van der Waals surface area (Å²) in [6, 6.07) is 9.86. The van der Waals surface area contributed by atoms with E-state index >= 15 is 0 Å². The van der Waals surface area contributed by atoms with Crippen LogP contribution in [0.15, 0.2) is 35.9 Å². The van der Waals surface area contributed by atoms with Crippen molar-refractivity contribution in [2.75, 3.05) is 13.2 Å². The molecule has 2 rings (SSSR count). The van der Waals surface area contributed by atoms with Gasteiger partial charge in [0.1, 0.15) is 11.8 Å². The highest BCUT2D eigenvalue weighted by Gasteiger charge is 2.11. The van der Waals surface area contributed by atoms with E-state index in [0.717, 1.165) is 24.3 Å². The maximum Gasteiger partial charge on any atom is 0.121 e. The fraction of sp³-hybridized carbons (Fsp3) is 0.500. The van der Waals surface area contributed by atoms with E-state index in [9.17, 15) is 5.26 Å². The van der Waals surface area contributed by atoms with Crippen LogP contribution in [-0.4, -0.2) is 13.2 Å². The van der Waals surface area contributed by atoms with Crippen molar-refractivity contribution in [2.24, 2.45) is 0 Å². The number of benzene rings is 1. The predicted molar refractivity (Wildman–Crippen MR) is 85.1 cm³/mol. The Hall–Kier alpha value is -1.79. The Bertz CT molecular complexity index is 516. The minimum Gasteiger partial charge on any atom is -0.494 e. The van der Waals surface area contributed by atoms with Gasteiger partial charge in [0.05, 0.1) is 12.7 Å². The van der Waals surface area contributed by atoms with Gasteiger partial charge in [0, 0.05) is 6.54 Å². The van der Waals surface area contributed by atoms with Gasteiger partial charge in [0.25, 0.3) is 0 Å². The van der Waals surface area contributed by atoms with Crippen molar-refractivity contribution in [3.8, 4) is 11.8 Å². The molecule has 0 heterocycles. The molecule has 1 N–H and O–H groups in total. The summed E-state index contributed by atoms with van der Waals surface area (Å²) in [5.74, 6) is 0.826. The van der Waals surface area contributed by atoms with Crippen LogP contribution in [0.3, 0.4) is 0 Å². The van der Waals surface area contributed by atoms with Crippen LogP contribution in [0, 0.1) is 11.3 Å². The highest BCUT2D eigenvalue weighted by atomic mass is 16.5. The Balaban J connectivity index is 1.89. The third-order valence-electron chi connectivity index (χ3n) is 3.81. The standard InChI is InChI=1S/C18H24N2O/c1-2-21-17-10-6-9-16(13-17)18(14-19)20-12-11-15-7-4-3-5-8-15/h6-7,9-10,13,18,20H,2-5,8,11-12H2,1H3. The third-order valence-corrected chi connectivity index (χ3v) is 3.81. The average molecular weight is 284 g/mol. The van der Waals surface area contributed by atoms with Gasteiger partial charge in [0.2, 0.25) is 0 Å². The fourth-order valence-corrected chi connectivity index (χ4v) is 2.70. The van der Waals surface area contributed by atoms with Crippen molar-refractivity contribution in [3.63, 3.8) is 0 Å². The number of rotatable bonds is 7. The molecule has 3 heteroatoms. The number of hydrogen-bond donors (Lipinski definition) is 1. The first-order valence-electron chi connectivity index (χ1n) is 7.87. The lowest BCUT2D eigenvalue weighted by atomic mass is 9.97. The first-order valence-corrected chi connectivity index (χ1v) is 7.87. The van der Waals surface area contributed by atoms with Crippen LogP contribution in [0.1, 0.15) is 50.6 Å². The van der Waals surface area contributed by atoms with Crippen LogP contribution in [0.5, 0.6) is 5.75 Å². The van der Waals surface area contributed by atoms with Crippen molar-refractivity contribution in [1.82, 2.24) is 5.32 Å². The summed E-state index contributed by atoms with van der Waals surface area (Å²) in [7, 11) is 0. The Morgan fingerprint density at radius 2 is 2.29 bits per heavy atom. The quantitative estimate of drug-likeness (QED) is 0.766.